The lowest BCUT2D eigenvalue weighted by molar-refractivity contribution is 0.126. The van der Waals surface area contributed by atoms with Crippen LogP contribution in [0, 0.1) is 0 Å². The van der Waals surface area contributed by atoms with Gasteiger partial charge in [-0.2, -0.15) is 0 Å². The molecule has 3 aromatic heterocycles. The first-order valence-electron chi connectivity index (χ1n) is 17.2. The number of thiophene rings is 1. The molecule has 0 unspecified atom stereocenters. The molecule has 3 heterocycles. The molecule has 0 bridgehead atoms. The molecule has 3 nitrogen and oxygen atoms in total. The summed E-state index contributed by atoms with van der Waals surface area (Å²) in [5.41, 5.74) is 8.60. The molecule has 0 aliphatic rings. The zero-order chi connectivity index (χ0) is 33.9. The Kier molecular flexibility index (Phi) is 6.81. The predicted octanol–water partition coefficient (Wildman–Crippen LogP) is 11.9. The Morgan fingerprint density at radius 2 is 0.824 bits per heavy atom. The second-order valence-corrected chi connectivity index (χ2v) is 14.0. The molecule has 10 aromatic rings. The van der Waals surface area contributed by atoms with Crippen molar-refractivity contribution in [2.24, 2.45) is 0 Å². The third kappa shape index (κ3) is 4.54. The Hall–Kier alpha value is -6.20. The van der Waals surface area contributed by atoms with Crippen LogP contribution in [0.15, 0.2) is 187 Å². The molecule has 0 aliphatic carbocycles. The van der Waals surface area contributed by atoms with Crippen molar-refractivity contribution in [2.45, 2.75) is 5.60 Å². The highest BCUT2D eigenvalue weighted by atomic mass is 32.1. The largest absolute Gasteiger partial charge is 0.376 e. The monoisotopic (exact) mass is 672 g/mol. The van der Waals surface area contributed by atoms with Gasteiger partial charge in [-0.25, -0.2) is 0 Å². The molecule has 0 saturated carbocycles. The summed E-state index contributed by atoms with van der Waals surface area (Å²) in [6.45, 7) is 0. The first kappa shape index (κ1) is 29.7. The molecule has 0 radical (unpaired) electrons. The minimum absolute atomic E-state index is 0.803. The fourth-order valence-corrected chi connectivity index (χ4v) is 8.98. The van der Waals surface area contributed by atoms with E-state index in [9.17, 15) is 5.11 Å². The Bertz CT molecular complexity index is 2630. The Morgan fingerprint density at radius 1 is 0.412 bits per heavy atom. The standard InChI is InChI=1S/C47H32N2OS/c50-47(41-28-29-51-46(41)32-14-2-1-3-15-32,33-16-12-18-35(30-33)48-42-24-8-4-20-37(42)38-21-5-9-25-43(38)48)34-17-13-19-36(31-34)49-44-26-10-6-22-39(44)40-23-7-11-27-45(40)49/h1-31,50H. The van der Waals surface area contributed by atoms with E-state index < -0.39 is 5.60 Å². The lowest BCUT2D eigenvalue weighted by Gasteiger charge is -2.31. The average Bonchev–Trinajstić information content (AvgIpc) is 3.92. The Balaban J connectivity index is 1.24. The van der Waals surface area contributed by atoms with Crippen LogP contribution in [0.4, 0.5) is 0 Å². The molecular weight excluding hydrogens is 641 g/mol. The van der Waals surface area contributed by atoms with Gasteiger partial charge in [-0.1, -0.05) is 127 Å². The van der Waals surface area contributed by atoms with Gasteiger partial charge in [0.15, 0.2) is 0 Å². The number of aliphatic hydroxyl groups is 1. The molecule has 1 N–H and O–H groups in total. The van der Waals surface area contributed by atoms with Crippen LogP contribution in [0.25, 0.3) is 65.4 Å². The van der Waals surface area contributed by atoms with Gasteiger partial charge in [0, 0.05) is 43.4 Å². The highest BCUT2D eigenvalue weighted by molar-refractivity contribution is 7.13. The number of benzene rings is 7. The summed E-state index contributed by atoms with van der Waals surface area (Å²) in [6.07, 6.45) is 0. The topological polar surface area (TPSA) is 30.1 Å². The maximum Gasteiger partial charge on any atom is 0.142 e. The van der Waals surface area contributed by atoms with Gasteiger partial charge in [-0.05, 0) is 76.7 Å². The first-order chi connectivity index (χ1) is 25.2. The van der Waals surface area contributed by atoms with Crippen LogP contribution in [0.2, 0.25) is 0 Å². The van der Waals surface area contributed by atoms with Crippen LogP contribution in [-0.4, -0.2) is 14.2 Å². The molecule has 10 rings (SSSR count). The van der Waals surface area contributed by atoms with Crippen LogP contribution in [-0.2, 0) is 5.60 Å². The van der Waals surface area contributed by atoms with Crippen molar-refractivity contribution in [1.82, 2.24) is 9.13 Å². The molecule has 4 heteroatoms. The molecule has 242 valence electrons. The second-order valence-electron chi connectivity index (χ2n) is 13.1. The highest BCUT2D eigenvalue weighted by Gasteiger charge is 2.37. The zero-order valence-corrected chi connectivity index (χ0v) is 28.5. The Labute approximate surface area is 299 Å². The molecule has 0 aliphatic heterocycles. The van der Waals surface area contributed by atoms with Gasteiger partial charge in [0.25, 0.3) is 0 Å². The summed E-state index contributed by atoms with van der Waals surface area (Å²) < 4.78 is 4.63. The zero-order valence-electron chi connectivity index (χ0n) is 27.6. The smallest absolute Gasteiger partial charge is 0.142 e. The van der Waals surface area contributed by atoms with E-state index in [2.05, 4.69) is 190 Å². The fraction of sp³-hybridized carbons (Fsp3) is 0.0213. The van der Waals surface area contributed by atoms with Gasteiger partial charge in [0.1, 0.15) is 5.60 Å². The third-order valence-electron chi connectivity index (χ3n) is 10.3. The van der Waals surface area contributed by atoms with Crippen LogP contribution in [0.5, 0.6) is 0 Å². The summed E-state index contributed by atoms with van der Waals surface area (Å²) in [5, 5.41) is 20.6. The molecule has 0 spiro atoms. The van der Waals surface area contributed by atoms with Gasteiger partial charge in [0.2, 0.25) is 0 Å². The minimum Gasteiger partial charge on any atom is -0.376 e. The molecule has 0 fully saturated rings. The Morgan fingerprint density at radius 3 is 1.27 bits per heavy atom. The molecule has 0 saturated heterocycles. The molecule has 51 heavy (non-hydrogen) atoms. The van der Waals surface area contributed by atoms with E-state index in [1.165, 1.54) is 21.5 Å². The number of hydrogen-bond donors (Lipinski definition) is 1. The summed E-state index contributed by atoms with van der Waals surface area (Å²) in [5.74, 6) is 0. The maximum atomic E-state index is 13.6. The van der Waals surface area contributed by atoms with Crippen LogP contribution >= 0.6 is 11.3 Å². The average molecular weight is 673 g/mol. The molecule has 7 aromatic carbocycles. The number of rotatable bonds is 6. The van der Waals surface area contributed by atoms with Crippen molar-refractivity contribution < 1.29 is 5.11 Å². The van der Waals surface area contributed by atoms with Crippen molar-refractivity contribution in [3.05, 3.63) is 204 Å². The number of nitrogens with zero attached hydrogens (tertiary/aromatic N) is 2. The summed E-state index contributed by atoms with van der Waals surface area (Å²) >= 11 is 1.66. The molecule has 0 atom stereocenters. The van der Waals surface area contributed by atoms with Crippen LogP contribution < -0.4 is 0 Å². The normalized spacial score (nSPS) is 12.0. The van der Waals surface area contributed by atoms with Gasteiger partial charge in [0.05, 0.1) is 22.1 Å². The van der Waals surface area contributed by atoms with E-state index in [0.717, 1.165) is 60.6 Å². The summed E-state index contributed by atoms with van der Waals surface area (Å²) in [7, 11) is 0. The number of para-hydroxylation sites is 4. The van der Waals surface area contributed by atoms with Crippen molar-refractivity contribution in [3.8, 4) is 21.8 Å². The fourth-order valence-electron chi connectivity index (χ4n) is 8.03. The van der Waals surface area contributed by atoms with E-state index in [-0.39, 0.29) is 0 Å². The second kappa shape index (κ2) is 11.7. The van der Waals surface area contributed by atoms with Crippen LogP contribution in [0.1, 0.15) is 16.7 Å². The lowest BCUT2D eigenvalue weighted by Crippen LogP contribution is -2.29. The van der Waals surface area contributed by atoms with Gasteiger partial charge >= 0.3 is 0 Å². The van der Waals surface area contributed by atoms with Crippen molar-refractivity contribution in [2.75, 3.05) is 0 Å². The number of hydrogen-bond acceptors (Lipinski definition) is 2. The summed E-state index contributed by atoms with van der Waals surface area (Å²) in [4.78, 5) is 1.04. The van der Waals surface area contributed by atoms with Crippen molar-refractivity contribution in [1.29, 1.82) is 0 Å². The number of fused-ring (bicyclic) bond motifs is 6. The molecule has 0 amide bonds. The highest BCUT2D eigenvalue weighted by Crippen LogP contribution is 2.46. The van der Waals surface area contributed by atoms with E-state index in [1.54, 1.807) is 11.3 Å². The quantitative estimate of drug-likeness (QED) is 0.187. The minimum atomic E-state index is -1.48. The predicted molar refractivity (Wildman–Crippen MR) is 213 cm³/mol. The number of aromatic nitrogens is 2. The van der Waals surface area contributed by atoms with Crippen molar-refractivity contribution >= 4 is 54.9 Å². The van der Waals surface area contributed by atoms with Gasteiger partial charge in [-0.15, -0.1) is 11.3 Å². The van der Waals surface area contributed by atoms with E-state index in [0.29, 0.717) is 0 Å². The molecular formula is C47H32N2OS. The summed E-state index contributed by atoms with van der Waals surface area (Å²) in [6, 6.07) is 63.6. The maximum absolute atomic E-state index is 13.6. The van der Waals surface area contributed by atoms with E-state index >= 15 is 0 Å². The van der Waals surface area contributed by atoms with Crippen LogP contribution in [0.3, 0.4) is 0 Å². The van der Waals surface area contributed by atoms with Gasteiger partial charge < -0.3 is 14.2 Å². The first-order valence-corrected chi connectivity index (χ1v) is 18.1. The van der Waals surface area contributed by atoms with Gasteiger partial charge in [-0.3, -0.25) is 0 Å². The SMILES string of the molecule is OC(c1cccc(-n2c3ccccc3c3ccccc32)c1)(c1cccc(-n2c3ccccc3c3ccccc32)c1)c1ccsc1-c1ccccc1. The van der Waals surface area contributed by atoms with Crippen molar-refractivity contribution in [3.63, 3.8) is 0 Å². The van der Waals surface area contributed by atoms with E-state index in [4.69, 9.17) is 0 Å². The third-order valence-corrected chi connectivity index (χ3v) is 11.3. The van der Waals surface area contributed by atoms with E-state index in [1.807, 2.05) is 6.07 Å². The lowest BCUT2D eigenvalue weighted by atomic mass is 9.79.